The molecule has 1 unspecified atom stereocenters. The van der Waals surface area contributed by atoms with Crippen LogP contribution < -0.4 is 5.32 Å². The molecule has 0 saturated carbocycles. The summed E-state index contributed by atoms with van der Waals surface area (Å²) in [5.74, 6) is -0.434. The highest BCUT2D eigenvalue weighted by molar-refractivity contribution is 7.10. The molecular formula is C26H27ClN6O3S. The Hall–Kier alpha value is -3.34. The molecule has 2 fully saturated rings. The van der Waals surface area contributed by atoms with Gasteiger partial charge in [0.15, 0.2) is 0 Å². The minimum atomic E-state index is -0.329. The van der Waals surface area contributed by atoms with E-state index >= 15 is 0 Å². The van der Waals surface area contributed by atoms with Crippen molar-refractivity contribution in [2.75, 3.05) is 39.0 Å². The molecule has 2 aromatic heterocycles. The maximum Gasteiger partial charge on any atom is 0.275 e. The quantitative estimate of drug-likeness (QED) is 0.529. The number of aromatic nitrogens is 2. The molecule has 5 rings (SSSR count). The van der Waals surface area contributed by atoms with Crippen LogP contribution in [0.25, 0.3) is 0 Å². The maximum absolute atomic E-state index is 13.0. The van der Waals surface area contributed by atoms with Gasteiger partial charge in [-0.25, -0.2) is 9.97 Å². The number of likely N-dealkylation sites (N-methyl/N-ethyl adjacent to an activating group) is 2. The van der Waals surface area contributed by atoms with Crippen LogP contribution in [0.5, 0.6) is 0 Å². The average molecular weight is 539 g/mol. The Balaban J connectivity index is 1.25. The molecule has 3 amide bonds. The predicted molar refractivity (Wildman–Crippen MR) is 142 cm³/mol. The van der Waals surface area contributed by atoms with Gasteiger partial charge >= 0.3 is 0 Å². The summed E-state index contributed by atoms with van der Waals surface area (Å²) >= 11 is 7.27. The minimum absolute atomic E-state index is 0.0619. The van der Waals surface area contributed by atoms with E-state index in [1.807, 2.05) is 31.1 Å². The number of pyridine rings is 1. The van der Waals surface area contributed by atoms with Gasteiger partial charge in [-0.2, -0.15) is 0 Å². The molecule has 0 bridgehead atoms. The van der Waals surface area contributed by atoms with Gasteiger partial charge in [-0.15, -0.1) is 11.3 Å². The molecule has 192 valence electrons. The Morgan fingerprint density at radius 3 is 2.57 bits per heavy atom. The highest BCUT2D eigenvalue weighted by atomic mass is 35.5. The minimum Gasteiger partial charge on any atom is -0.343 e. The summed E-state index contributed by atoms with van der Waals surface area (Å²) in [5.41, 5.74) is 2.14. The van der Waals surface area contributed by atoms with Gasteiger partial charge in [-0.3, -0.25) is 19.3 Å². The third-order valence-corrected chi connectivity index (χ3v) is 7.99. The number of benzene rings is 1. The van der Waals surface area contributed by atoms with Crippen LogP contribution in [0.15, 0.2) is 48.0 Å². The summed E-state index contributed by atoms with van der Waals surface area (Å²) in [5, 5.41) is 5.80. The van der Waals surface area contributed by atoms with E-state index in [1.54, 1.807) is 39.4 Å². The number of hydrogen-bond donors (Lipinski definition) is 1. The summed E-state index contributed by atoms with van der Waals surface area (Å²) in [6, 6.07) is 10.1. The van der Waals surface area contributed by atoms with E-state index in [9.17, 15) is 14.4 Å². The van der Waals surface area contributed by atoms with Crippen LogP contribution >= 0.6 is 22.9 Å². The summed E-state index contributed by atoms with van der Waals surface area (Å²) < 4.78 is 0. The molecule has 3 aromatic rings. The van der Waals surface area contributed by atoms with E-state index < -0.39 is 0 Å². The lowest BCUT2D eigenvalue weighted by atomic mass is 10.0. The third-order valence-electron chi connectivity index (χ3n) is 6.82. The molecule has 0 spiro atoms. The number of carbonyl (C=O) groups is 3. The van der Waals surface area contributed by atoms with Crippen molar-refractivity contribution >= 4 is 46.3 Å². The molecule has 37 heavy (non-hydrogen) atoms. The normalized spacial score (nSPS) is 20.4. The molecule has 9 nitrogen and oxygen atoms in total. The zero-order valence-corrected chi connectivity index (χ0v) is 22.1. The van der Waals surface area contributed by atoms with Crippen LogP contribution in [0.4, 0.5) is 5.69 Å². The topological polar surface area (TPSA) is 98.7 Å². The summed E-state index contributed by atoms with van der Waals surface area (Å²) in [6.45, 7) is 2.12. The molecule has 4 heterocycles. The molecule has 0 aliphatic carbocycles. The second-order valence-electron chi connectivity index (χ2n) is 9.31. The second kappa shape index (κ2) is 10.6. The Morgan fingerprint density at radius 1 is 1.05 bits per heavy atom. The van der Waals surface area contributed by atoms with Gasteiger partial charge in [0.2, 0.25) is 5.91 Å². The number of carbonyl (C=O) groups excluding carboxylic acids is 3. The number of amides is 3. The summed E-state index contributed by atoms with van der Waals surface area (Å²) in [6.07, 6.45) is 3.09. The molecule has 2 aliphatic rings. The van der Waals surface area contributed by atoms with Gasteiger partial charge in [-0.05, 0) is 49.7 Å². The molecule has 2 saturated heterocycles. The van der Waals surface area contributed by atoms with Crippen molar-refractivity contribution in [3.8, 4) is 0 Å². The van der Waals surface area contributed by atoms with E-state index in [4.69, 9.17) is 11.6 Å². The van der Waals surface area contributed by atoms with Gasteiger partial charge < -0.3 is 15.1 Å². The number of thiazole rings is 1. The lowest BCUT2D eigenvalue weighted by Gasteiger charge is -2.37. The van der Waals surface area contributed by atoms with Crippen LogP contribution in [-0.2, 0) is 4.79 Å². The molecule has 1 N–H and O–H groups in total. The SMILES string of the molecule is CN1CCN(C)C(c2ccc(NC(=O)c3csc([C@H]4CCCN4C(=O)c4ccc(Cl)cn4)n3)cc2)C1=O. The fourth-order valence-electron chi connectivity index (χ4n) is 4.75. The zero-order chi connectivity index (χ0) is 26.1. The number of hydrogen-bond acceptors (Lipinski definition) is 7. The monoisotopic (exact) mass is 538 g/mol. The fraction of sp³-hybridized carbons (Fsp3) is 0.346. The Morgan fingerprint density at radius 2 is 1.84 bits per heavy atom. The molecule has 1 aromatic carbocycles. The van der Waals surface area contributed by atoms with E-state index in [-0.39, 0.29) is 29.8 Å². The molecular weight excluding hydrogens is 512 g/mol. The van der Waals surface area contributed by atoms with Crippen molar-refractivity contribution in [1.82, 2.24) is 24.7 Å². The average Bonchev–Trinajstić information content (AvgIpc) is 3.58. The Bertz CT molecular complexity index is 1310. The first-order valence-electron chi connectivity index (χ1n) is 12.1. The van der Waals surface area contributed by atoms with Crippen molar-refractivity contribution in [3.63, 3.8) is 0 Å². The number of piperazine rings is 1. The van der Waals surface area contributed by atoms with Crippen LogP contribution in [-0.4, -0.2) is 76.1 Å². The first-order valence-corrected chi connectivity index (χ1v) is 13.3. The van der Waals surface area contributed by atoms with E-state index in [0.29, 0.717) is 35.2 Å². The number of nitrogens with one attached hydrogen (secondary N) is 1. The van der Waals surface area contributed by atoms with Crippen LogP contribution in [0, 0.1) is 0 Å². The lowest BCUT2D eigenvalue weighted by molar-refractivity contribution is -0.139. The highest BCUT2D eigenvalue weighted by Gasteiger charge is 2.34. The van der Waals surface area contributed by atoms with Crippen molar-refractivity contribution in [2.24, 2.45) is 0 Å². The molecule has 11 heteroatoms. The second-order valence-corrected chi connectivity index (χ2v) is 10.6. The Kier molecular flexibility index (Phi) is 7.23. The first-order chi connectivity index (χ1) is 17.8. The molecule has 2 aliphatic heterocycles. The third kappa shape index (κ3) is 5.22. The predicted octanol–water partition coefficient (Wildman–Crippen LogP) is 3.87. The van der Waals surface area contributed by atoms with Gasteiger partial charge in [0.1, 0.15) is 22.4 Å². The maximum atomic E-state index is 13.0. The summed E-state index contributed by atoms with van der Waals surface area (Å²) in [7, 11) is 3.75. The number of rotatable bonds is 5. The standard InChI is InChI=1S/C26H27ClN6O3S/c1-31-12-13-32(2)26(36)22(31)16-5-8-18(9-6-16)29-23(34)20-15-37-24(30-20)21-4-3-11-33(21)25(35)19-10-7-17(27)14-28-19/h5-10,14-15,21-22H,3-4,11-13H2,1-2H3,(H,29,34)/t21-,22?/m1/s1. The lowest BCUT2D eigenvalue weighted by Crippen LogP contribution is -2.48. The van der Waals surface area contributed by atoms with Gasteiger partial charge in [0, 0.05) is 43.9 Å². The highest BCUT2D eigenvalue weighted by Crippen LogP contribution is 2.35. The zero-order valence-electron chi connectivity index (χ0n) is 20.6. The van der Waals surface area contributed by atoms with Crippen LogP contribution in [0.3, 0.4) is 0 Å². The smallest absolute Gasteiger partial charge is 0.275 e. The van der Waals surface area contributed by atoms with Crippen molar-refractivity contribution in [2.45, 2.75) is 24.9 Å². The van der Waals surface area contributed by atoms with Gasteiger partial charge in [0.25, 0.3) is 11.8 Å². The number of likely N-dealkylation sites (tertiary alicyclic amines) is 1. The van der Waals surface area contributed by atoms with Gasteiger partial charge in [0.05, 0.1) is 11.1 Å². The van der Waals surface area contributed by atoms with Gasteiger partial charge in [-0.1, -0.05) is 23.7 Å². The van der Waals surface area contributed by atoms with E-state index in [2.05, 4.69) is 15.3 Å². The van der Waals surface area contributed by atoms with Crippen molar-refractivity contribution in [3.05, 3.63) is 75.0 Å². The fourth-order valence-corrected chi connectivity index (χ4v) is 5.80. The van der Waals surface area contributed by atoms with E-state index in [1.165, 1.54) is 17.5 Å². The van der Waals surface area contributed by atoms with Crippen LogP contribution in [0.2, 0.25) is 5.02 Å². The number of nitrogens with zero attached hydrogens (tertiary/aromatic N) is 5. The molecule has 0 radical (unpaired) electrons. The van der Waals surface area contributed by atoms with E-state index in [0.717, 1.165) is 30.0 Å². The largest absolute Gasteiger partial charge is 0.343 e. The Labute approximate surface area is 224 Å². The summed E-state index contributed by atoms with van der Waals surface area (Å²) in [4.78, 5) is 52.8. The van der Waals surface area contributed by atoms with Crippen molar-refractivity contribution in [1.29, 1.82) is 0 Å². The number of anilines is 1. The number of halogens is 1. The van der Waals surface area contributed by atoms with Crippen molar-refractivity contribution < 1.29 is 14.4 Å². The first kappa shape index (κ1) is 25.3. The molecule has 2 atom stereocenters. The van der Waals surface area contributed by atoms with Crippen LogP contribution in [0.1, 0.15) is 56.5 Å².